The van der Waals surface area contributed by atoms with Crippen molar-refractivity contribution in [2.24, 2.45) is 0 Å². The Balaban J connectivity index is 1.57. The van der Waals surface area contributed by atoms with Crippen LogP contribution in [0.2, 0.25) is 15.1 Å². The molecule has 0 saturated heterocycles. The lowest BCUT2D eigenvalue weighted by molar-refractivity contribution is -0.119. The predicted molar refractivity (Wildman–Crippen MR) is 129 cm³/mol. The van der Waals surface area contributed by atoms with E-state index in [9.17, 15) is 9.59 Å². The zero-order valence-electron chi connectivity index (χ0n) is 17.1. The summed E-state index contributed by atoms with van der Waals surface area (Å²) >= 11 is 17.9. The highest BCUT2D eigenvalue weighted by molar-refractivity contribution is 6.42. The van der Waals surface area contributed by atoms with Gasteiger partial charge in [-0.25, -0.2) is 0 Å². The predicted octanol–water partition coefficient (Wildman–Crippen LogP) is 5.95. The Morgan fingerprint density at radius 2 is 1.53 bits per heavy atom. The first-order chi connectivity index (χ1) is 15.3. The Morgan fingerprint density at radius 3 is 2.22 bits per heavy atom. The van der Waals surface area contributed by atoms with Crippen molar-refractivity contribution in [1.29, 1.82) is 0 Å². The molecular weight excluding hydrogens is 473 g/mol. The molecule has 6 nitrogen and oxygen atoms in total. The lowest BCUT2D eigenvalue weighted by Gasteiger charge is -2.17. The number of ether oxygens (including phenoxy) is 1. The standard InChI is InChI=1S/C23H20Cl3N3O3/c1-29(13-22(30)27-16-8-9-18(25)19(26)12-16)14-23(31)28-20-11-15(24)7-10-21(20)32-17-5-3-2-4-6-17/h2-12H,13-14H2,1H3,(H,27,30)(H,28,31). The molecule has 0 aliphatic carbocycles. The Hall–Kier alpha value is -2.77. The van der Waals surface area contributed by atoms with E-state index in [-0.39, 0.29) is 24.9 Å². The molecule has 0 heterocycles. The van der Waals surface area contributed by atoms with Crippen LogP contribution in [-0.4, -0.2) is 36.9 Å². The minimum Gasteiger partial charge on any atom is -0.455 e. The fraction of sp³-hybridized carbons (Fsp3) is 0.130. The van der Waals surface area contributed by atoms with Crippen LogP contribution in [0, 0.1) is 0 Å². The van der Waals surface area contributed by atoms with E-state index in [0.29, 0.717) is 37.9 Å². The van der Waals surface area contributed by atoms with Gasteiger partial charge in [-0.1, -0.05) is 53.0 Å². The average molecular weight is 493 g/mol. The number of carbonyl (C=O) groups is 2. The molecule has 0 aromatic heterocycles. The number of anilines is 2. The molecule has 3 aromatic carbocycles. The summed E-state index contributed by atoms with van der Waals surface area (Å²) in [6, 6.07) is 18.9. The quantitative estimate of drug-likeness (QED) is 0.408. The molecular formula is C23H20Cl3N3O3. The van der Waals surface area contributed by atoms with E-state index in [0.717, 1.165) is 0 Å². The molecule has 32 heavy (non-hydrogen) atoms. The number of halogens is 3. The number of likely N-dealkylation sites (N-methyl/N-ethyl adjacent to an activating group) is 1. The third-order valence-electron chi connectivity index (χ3n) is 4.22. The van der Waals surface area contributed by atoms with Crippen LogP contribution in [0.5, 0.6) is 11.5 Å². The largest absolute Gasteiger partial charge is 0.455 e. The first-order valence-electron chi connectivity index (χ1n) is 9.56. The highest BCUT2D eigenvalue weighted by Crippen LogP contribution is 2.32. The van der Waals surface area contributed by atoms with E-state index in [1.165, 1.54) is 0 Å². The van der Waals surface area contributed by atoms with Gasteiger partial charge in [-0.3, -0.25) is 14.5 Å². The Bertz CT molecular complexity index is 1110. The van der Waals surface area contributed by atoms with Gasteiger partial charge in [0.2, 0.25) is 11.8 Å². The SMILES string of the molecule is CN(CC(=O)Nc1ccc(Cl)c(Cl)c1)CC(=O)Nc1cc(Cl)ccc1Oc1ccccc1. The van der Waals surface area contributed by atoms with Gasteiger partial charge in [0, 0.05) is 10.7 Å². The summed E-state index contributed by atoms with van der Waals surface area (Å²) in [4.78, 5) is 26.4. The molecule has 2 N–H and O–H groups in total. The number of para-hydroxylation sites is 1. The van der Waals surface area contributed by atoms with Gasteiger partial charge in [0.1, 0.15) is 5.75 Å². The molecule has 0 unspecified atom stereocenters. The van der Waals surface area contributed by atoms with Crippen molar-refractivity contribution in [2.75, 3.05) is 30.8 Å². The van der Waals surface area contributed by atoms with E-state index < -0.39 is 0 Å². The number of hydrogen-bond acceptors (Lipinski definition) is 4. The Kier molecular flexibility index (Phi) is 8.36. The fourth-order valence-electron chi connectivity index (χ4n) is 2.81. The highest BCUT2D eigenvalue weighted by Gasteiger charge is 2.14. The first-order valence-corrected chi connectivity index (χ1v) is 10.7. The number of hydrogen-bond donors (Lipinski definition) is 2. The molecule has 0 atom stereocenters. The summed E-state index contributed by atoms with van der Waals surface area (Å²) in [5, 5.41) is 6.69. The monoisotopic (exact) mass is 491 g/mol. The third-order valence-corrected chi connectivity index (χ3v) is 5.19. The van der Waals surface area contributed by atoms with Gasteiger partial charge < -0.3 is 15.4 Å². The van der Waals surface area contributed by atoms with Crippen LogP contribution < -0.4 is 15.4 Å². The maximum atomic E-state index is 12.5. The van der Waals surface area contributed by atoms with Gasteiger partial charge in [0.05, 0.1) is 28.8 Å². The lowest BCUT2D eigenvalue weighted by Crippen LogP contribution is -2.36. The molecule has 0 radical (unpaired) electrons. The molecule has 166 valence electrons. The molecule has 0 bridgehead atoms. The molecule has 2 amide bonds. The molecule has 0 aliphatic rings. The summed E-state index contributed by atoms with van der Waals surface area (Å²) in [6.45, 7) is -0.0251. The highest BCUT2D eigenvalue weighted by atomic mass is 35.5. The maximum Gasteiger partial charge on any atom is 0.238 e. The van der Waals surface area contributed by atoms with Gasteiger partial charge in [-0.05, 0) is 55.6 Å². The zero-order chi connectivity index (χ0) is 23.1. The van der Waals surface area contributed by atoms with Crippen LogP contribution in [0.3, 0.4) is 0 Å². The van der Waals surface area contributed by atoms with Gasteiger partial charge >= 0.3 is 0 Å². The van der Waals surface area contributed by atoms with Crippen molar-refractivity contribution in [1.82, 2.24) is 4.90 Å². The minimum atomic E-state index is -0.324. The second kappa shape index (κ2) is 11.2. The van der Waals surface area contributed by atoms with Crippen LogP contribution in [0.15, 0.2) is 66.7 Å². The Morgan fingerprint density at radius 1 is 0.844 bits per heavy atom. The minimum absolute atomic E-state index is 0.00339. The van der Waals surface area contributed by atoms with Crippen LogP contribution in [-0.2, 0) is 9.59 Å². The van der Waals surface area contributed by atoms with Crippen molar-refractivity contribution in [2.45, 2.75) is 0 Å². The van der Waals surface area contributed by atoms with Crippen LogP contribution >= 0.6 is 34.8 Å². The third kappa shape index (κ3) is 7.14. The number of nitrogens with zero attached hydrogens (tertiary/aromatic N) is 1. The second-order valence-electron chi connectivity index (χ2n) is 6.95. The normalized spacial score (nSPS) is 10.7. The van der Waals surface area contributed by atoms with Gasteiger partial charge in [0.15, 0.2) is 5.75 Å². The van der Waals surface area contributed by atoms with E-state index >= 15 is 0 Å². The van der Waals surface area contributed by atoms with E-state index in [2.05, 4.69) is 10.6 Å². The van der Waals surface area contributed by atoms with Crippen LogP contribution in [0.25, 0.3) is 0 Å². The zero-order valence-corrected chi connectivity index (χ0v) is 19.3. The van der Waals surface area contributed by atoms with Crippen molar-refractivity contribution in [3.8, 4) is 11.5 Å². The molecule has 3 aromatic rings. The Labute approximate surface area is 201 Å². The summed E-state index contributed by atoms with van der Waals surface area (Å²) < 4.78 is 5.85. The summed E-state index contributed by atoms with van der Waals surface area (Å²) in [5.41, 5.74) is 0.948. The maximum absolute atomic E-state index is 12.5. The van der Waals surface area contributed by atoms with Crippen molar-refractivity contribution in [3.05, 3.63) is 81.8 Å². The first kappa shape index (κ1) is 23.9. The fourth-order valence-corrected chi connectivity index (χ4v) is 3.28. The van der Waals surface area contributed by atoms with Crippen molar-refractivity contribution in [3.63, 3.8) is 0 Å². The molecule has 0 aliphatic heterocycles. The number of benzene rings is 3. The van der Waals surface area contributed by atoms with E-state index in [1.807, 2.05) is 18.2 Å². The van der Waals surface area contributed by atoms with Gasteiger partial charge in [-0.15, -0.1) is 0 Å². The molecule has 3 rings (SSSR count). The number of carbonyl (C=O) groups excluding carboxylic acids is 2. The van der Waals surface area contributed by atoms with E-state index in [4.69, 9.17) is 39.5 Å². The second-order valence-corrected chi connectivity index (χ2v) is 8.20. The van der Waals surface area contributed by atoms with Gasteiger partial charge in [0.25, 0.3) is 0 Å². The topological polar surface area (TPSA) is 70.7 Å². The van der Waals surface area contributed by atoms with Crippen LogP contribution in [0.1, 0.15) is 0 Å². The smallest absolute Gasteiger partial charge is 0.238 e. The summed E-state index contributed by atoms with van der Waals surface area (Å²) in [7, 11) is 1.66. The molecule has 0 fully saturated rings. The molecule has 0 spiro atoms. The number of rotatable bonds is 8. The average Bonchev–Trinajstić information content (AvgIpc) is 2.73. The number of amides is 2. The molecule has 0 saturated carbocycles. The number of nitrogens with one attached hydrogen (secondary N) is 2. The van der Waals surface area contributed by atoms with Crippen molar-refractivity contribution >= 4 is 58.0 Å². The summed E-state index contributed by atoms with van der Waals surface area (Å²) in [6.07, 6.45) is 0. The van der Waals surface area contributed by atoms with Crippen LogP contribution in [0.4, 0.5) is 11.4 Å². The lowest BCUT2D eigenvalue weighted by atomic mass is 10.2. The van der Waals surface area contributed by atoms with E-state index in [1.54, 1.807) is 60.5 Å². The van der Waals surface area contributed by atoms with Gasteiger partial charge in [-0.2, -0.15) is 0 Å². The molecule has 9 heteroatoms. The van der Waals surface area contributed by atoms with Crippen molar-refractivity contribution < 1.29 is 14.3 Å². The summed E-state index contributed by atoms with van der Waals surface area (Å²) in [5.74, 6) is 0.458.